The van der Waals surface area contributed by atoms with Gasteiger partial charge in [0.25, 0.3) is 11.5 Å². The molecule has 8 heteroatoms. The normalized spacial score (nSPS) is 23.3. The Morgan fingerprint density at radius 3 is 2.85 bits per heavy atom. The molecule has 1 fully saturated rings. The Morgan fingerprint density at radius 2 is 2.11 bits per heavy atom. The summed E-state index contributed by atoms with van der Waals surface area (Å²) in [6.07, 6.45) is 7.33. The van der Waals surface area contributed by atoms with Crippen molar-refractivity contribution >= 4 is 23.2 Å². The van der Waals surface area contributed by atoms with Crippen LogP contribution >= 0.6 is 0 Å². The van der Waals surface area contributed by atoms with Gasteiger partial charge in [-0.1, -0.05) is 6.08 Å². The first kappa shape index (κ1) is 16.0. The number of allylic oxidation sites excluding steroid dienone is 1. The van der Waals surface area contributed by atoms with Crippen LogP contribution in [0, 0.1) is 12.8 Å². The van der Waals surface area contributed by atoms with Gasteiger partial charge in [-0.15, -0.1) is 0 Å². The zero-order valence-electron chi connectivity index (χ0n) is 15.0. The van der Waals surface area contributed by atoms with Crippen LogP contribution < -0.4 is 21.9 Å². The SMILES string of the molecule is Cc1cc(Nc2cc(N)ncn2)c(=O)n2c1C(=O)NC21CCC=C1C1CC1. The third-order valence-corrected chi connectivity index (χ3v) is 5.62. The number of carbonyl (C=O) groups is 1. The van der Waals surface area contributed by atoms with Gasteiger partial charge in [0.2, 0.25) is 0 Å². The molecular weight excluding hydrogens is 344 g/mol. The number of nitrogen functional groups attached to an aromatic ring is 1. The number of nitrogens with two attached hydrogens (primary N) is 1. The van der Waals surface area contributed by atoms with Crippen LogP contribution in [0.1, 0.15) is 41.7 Å². The van der Waals surface area contributed by atoms with Crippen LogP contribution in [-0.2, 0) is 5.66 Å². The lowest BCUT2D eigenvalue weighted by atomic mass is 9.97. The quantitative estimate of drug-likeness (QED) is 0.716. The second-order valence-electron chi connectivity index (χ2n) is 7.47. The molecule has 1 saturated carbocycles. The van der Waals surface area contributed by atoms with Crippen molar-refractivity contribution in [2.24, 2.45) is 5.92 Å². The summed E-state index contributed by atoms with van der Waals surface area (Å²) in [5, 5.41) is 6.17. The second kappa shape index (κ2) is 5.42. The minimum atomic E-state index is -0.724. The zero-order chi connectivity index (χ0) is 18.8. The molecule has 138 valence electrons. The van der Waals surface area contributed by atoms with Crippen molar-refractivity contribution < 1.29 is 4.79 Å². The van der Waals surface area contributed by atoms with E-state index in [1.807, 2.05) is 6.92 Å². The molecule has 1 aliphatic heterocycles. The Balaban J connectivity index is 1.67. The topological polar surface area (TPSA) is 115 Å². The number of pyridine rings is 1. The minimum Gasteiger partial charge on any atom is -0.384 e. The Hall–Kier alpha value is -3.16. The van der Waals surface area contributed by atoms with E-state index in [-0.39, 0.29) is 11.5 Å². The van der Waals surface area contributed by atoms with Gasteiger partial charge in [-0.2, -0.15) is 0 Å². The van der Waals surface area contributed by atoms with Crippen molar-refractivity contribution in [1.82, 2.24) is 19.9 Å². The number of aryl methyl sites for hydroxylation is 1. The van der Waals surface area contributed by atoms with Crippen molar-refractivity contribution in [2.45, 2.75) is 38.3 Å². The molecule has 3 aliphatic rings. The first-order chi connectivity index (χ1) is 13.0. The monoisotopic (exact) mass is 364 g/mol. The molecule has 1 spiro atoms. The van der Waals surface area contributed by atoms with Gasteiger partial charge in [0, 0.05) is 6.07 Å². The van der Waals surface area contributed by atoms with E-state index in [1.54, 1.807) is 16.7 Å². The summed E-state index contributed by atoms with van der Waals surface area (Å²) in [5.41, 5.74) is 7.48. The average molecular weight is 364 g/mol. The molecule has 1 atom stereocenters. The van der Waals surface area contributed by atoms with E-state index < -0.39 is 5.66 Å². The number of nitrogens with zero attached hydrogens (tertiary/aromatic N) is 3. The summed E-state index contributed by atoms with van der Waals surface area (Å²) in [6, 6.07) is 3.26. The van der Waals surface area contributed by atoms with Crippen molar-refractivity contribution in [3.05, 3.63) is 51.7 Å². The number of carbonyl (C=O) groups excluding carboxylic acids is 1. The number of hydrogen-bond acceptors (Lipinski definition) is 6. The summed E-state index contributed by atoms with van der Waals surface area (Å²) in [6.45, 7) is 1.85. The molecule has 4 N–H and O–H groups in total. The lowest BCUT2D eigenvalue weighted by Crippen LogP contribution is -2.48. The maximum Gasteiger partial charge on any atom is 0.277 e. The summed E-state index contributed by atoms with van der Waals surface area (Å²) < 4.78 is 1.66. The maximum atomic E-state index is 13.4. The van der Waals surface area contributed by atoms with Crippen molar-refractivity contribution in [1.29, 1.82) is 0 Å². The third kappa shape index (κ3) is 2.29. The maximum absolute atomic E-state index is 13.4. The second-order valence-corrected chi connectivity index (χ2v) is 7.47. The van der Waals surface area contributed by atoms with E-state index >= 15 is 0 Å². The van der Waals surface area contributed by atoms with Crippen LogP contribution in [0.5, 0.6) is 0 Å². The highest BCUT2D eigenvalue weighted by Crippen LogP contribution is 2.50. The van der Waals surface area contributed by atoms with Crippen LogP contribution in [0.2, 0.25) is 0 Å². The Labute approximate surface area is 155 Å². The van der Waals surface area contributed by atoms with Gasteiger partial charge in [-0.25, -0.2) is 9.97 Å². The van der Waals surface area contributed by atoms with E-state index in [1.165, 1.54) is 11.9 Å². The molecule has 27 heavy (non-hydrogen) atoms. The van der Waals surface area contributed by atoms with Crippen LogP contribution in [0.15, 0.2) is 34.9 Å². The number of nitrogens with one attached hydrogen (secondary N) is 2. The number of aromatic nitrogens is 3. The summed E-state index contributed by atoms with van der Waals surface area (Å²) in [4.78, 5) is 34.1. The van der Waals surface area contributed by atoms with Crippen LogP contribution in [0.4, 0.5) is 17.3 Å². The Morgan fingerprint density at radius 1 is 1.30 bits per heavy atom. The van der Waals surface area contributed by atoms with Crippen LogP contribution in [0.25, 0.3) is 0 Å². The smallest absolute Gasteiger partial charge is 0.277 e. The highest BCUT2D eigenvalue weighted by molar-refractivity contribution is 5.97. The molecule has 0 radical (unpaired) electrons. The fourth-order valence-electron chi connectivity index (χ4n) is 4.38. The Bertz CT molecular complexity index is 1070. The molecular formula is C19H20N6O2. The first-order valence-corrected chi connectivity index (χ1v) is 9.14. The summed E-state index contributed by atoms with van der Waals surface area (Å²) in [5.74, 6) is 1.03. The molecule has 1 unspecified atom stereocenters. The van der Waals surface area contributed by atoms with Crippen molar-refractivity contribution in [3.63, 3.8) is 0 Å². The van der Waals surface area contributed by atoms with Crippen LogP contribution in [-0.4, -0.2) is 20.4 Å². The van der Waals surface area contributed by atoms with E-state index in [4.69, 9.17) is 5.73 Å². The van der Waals surface area contributed by atoms with E-state index in [2.05, 4.69) is 26.7 Å². The third-order valence-electron chi connectivity index (χ3n) is 5.62. The average Bonchev–Trinajstić information content (AvgIpc) is 3.31. The van der Waals surface area contributed by atoms with Crippen LogP contribution in [0.3, 0.4) is 0 Å². The molecule has 5 rings (SSSR count). The molecule has 8 nitrogen and oxygen atoms in total. The minimum absolute atomic E-state index is 0.184. The van der Waals surface area contributed by atoms with Gasteiger partial charge in [-0.05, 0) is 55.7 Å². The fourth-order valence-corrected chi connectivity index (χ4v) is 4.38. The van der Waals surface area contributed by atoms with Gasteiger partial charge < -0.3 is 16.4 Å². The van der Waals surface area contributed by atoms with Gasteiger partial charge in [0.05, 0.1) is 0 Å². The predicted molar refractivity (Wildman–Crippen MR) is 101 cm³/mol. The van der Waals surface area contributed by atoms with Crippen molar-refractivity contribution in [2.75, 3.05) is 11.1 Å². The molecule has 1 amide bonds. The zero-order valence-corrected chi connectivity index (χ0v) is 15.0. The molecule has 2 aromatic rings. The highest BCUT2D eigenvalue weighted by atomic mass is 16.2. The Kier molecular flexibility index (Phi) is 3.22. The van der Waals surface area contributed by atoms with Gasteiger partial charge in [0.15, 0.2) is 0 Å². The molecule has 0 bridgehead atoms. The largest absolute Gasteiger partial charge is 0.384 e. The lowest BCUT2D eigenvalue weighted by molar-refractivity contribution is 0.0931. The van der Waals surface area contributed by atoms with Crippen molar-refractivity contribution in [3.8, 4) is 0 Å². The molecule has 0 saturated heterocycles. The number of hydrogen-bond donors (Lipinski definition) is 3. The highest BCUT2D eigenvalue weighted by Gasteiger charge is 2.52. The summed E-state index contributed by atoms with van der Waals surface area (Å²) >= 11 is 0. The summed E-state index contributed by atoms with van der Waals surface area (Å²) in [7, 11) is 0. The van der Waals surface area contributed by atoms with E-state index in [9.17, 15) is 9.59 Å². The lowest BCUT2D eigenvalue weighted by Gasteiger charge is -2.31. The van der Waals surface area contributed by atoms with E-state index in [0.717, 1.165) is 24.8 Å². The standard InChI is InChI=1S/C19H20N6O2/c1-10-7-13(23-15-8-14(20)21-9-22-15)18(27)25-16(10)17(26)24-19(25)6-2-3-12(19)11-4-5-11/h3,7-9,11H,2,4-6H2,1H3,(H,24,26)(H3,20,21,22,23). The van der Waals surface area contributed by atoms with Gasteiger partial charge in [-0.3, -0.25) is 14.2 Å². The number of amides is 1. The first-order valence-electron chi connectivity index (χ1n) is 9.14. The molecule has 2 aromatic heterocycles. The van der Waals surface area contributed by atoms with Gasteiger partial charge in [0.1, 0.15) is 35.0 Å². The number of fused-ring (bicyclic) bond motifs is 2. The molecule has 2 aliphatic carbocycles. The van der Waals surface area contributed by atoms with Gasteiger partial charge >= 0.3 is 0 Å². The van der Waals surface area contributed by atoms with E-state index in [0.29, 0.717) is 35.4 Å². The fraction of sp³-hybridized carbons (Fsp3) is 0.368. The molecule has 0 aromatic carbocycles. The number of rotatable bonds is 3. The number of anilines is 3. The molecule has 3 heterocycles. The predicted octanol–water partition coefficient (Wildman–Crippen LogP) is 1.80.